The second-order valence-corrected chi connectivity index (χ2v) is 7.91. The van der Waals surface area contributed by atoms with Crippen LogP contribution in [-0.2, 0) is 4.74 Å². The van der Waals surface area contributed by atoms with E-state index in [9.17, 15) is 4.79 Å². The molecule has 2 aromatic heterocycles. The Kier molecular flexibility index (Phi) is 5.62. The number of hydrogen-bond acceptors (Lipinski definition) is 4. The van der Waals surface area contributed by atoms with E-state index in [2.05, 4.69) is 21.6 Å². The molecule has 0 unspecified atom stereocenters. The maximum Gasteiger partial charge on any atom is 0.323 e. The van der Waals surface area contributed by atoms with Crippen LogP contribution in [0.3, 0.4) is 0 Å². The van der Waals surface area contributed by atoms with Gasteiger partial charge < -0.3 is 9.64 Å². The van der Waals surface area contributed by atoms with Gasteiger partial charge in [-0.2, -0.15) is 5.10 Å². The van der Waals surface area contributed by atoms with Gasteiger partial charge in [-0.25, -0.2) is 4.79 Å². The molecule has 28 heavy (non-hydrogen) atoms. The summed E-state index contributed by atoms with van der Waals surface area (Å²) in [5.41, 5.74) is 2.00. The van der Waals surface area contributed by atoms with Gasteiger partial charge in [0.05, 0.1) is 12.1 Å². The Bertz CT molecular complexity index is 800. The van der Waals surface area contributed by atoms with Gasteiger partial charge in [-0.05, 0) is 32.3 Å². The third-order valence-electron chi connectivity index (χ3n) is 5.98. The second kappa shape index (κ2) is 8.31. The Morgan fingerprint density at radius 1 is 1.29 bits per heavy atom. The van der Waals surface area contributed by atoms with Gasteiger partial charge in [0.15, 0.2) is 5.82 Å². The van der Waals surface area contributed by atoms with E-state index in [0.29, 0.717) is 18.5 Å². The predicted octanol–water partition coefficient (Wildman–Crippen LogP) is 4.09. The monoisotopic (exact) mass is 383 g/mol. The number of nitrogens with zero attached hydrogens (tertiary/aromatic N) is 4. The molecule has 0 spiro atoms. The fourth-order valence-electron chi connectivity index (χ4n) is 4.32. The van der Waals surface area contributed by atoms with E-state index in [1.807, 2.05) is 37.0 Å². The lowest BCUT2D eigenvalue weighted by atomic mass is 9.96. The fraction of sp³-hybridized carbons (Fsp3) is 0.571. The molecule has 2 amide bonds. The van der Waals surface area contributed by atoms with Crippen LogP contribution in [-0.4, -0.2) is 45.4 Å². The van der Waals surface area contributed by atoms with Crippen molar-refractivity contribution in [3.8, 4) is 0 Å². The Balaban J connectivity index is 1.44. The maximum absolute atomic E-state index is 12.9. The van der Waals surface area contributed by atoms with Crippen molar-refractivity contribution in [2.24, 2.45) is 0 Å². The zero-order valence-corrected chi connectivity index (χ0v) is 16.7. The van der Waals surface area contributed by atoms with E-state index < -0.39 is 0 Å². The summed E-state index contributed by atoms with van der Waals surface area (Å²) in [6.45, 7) is 2.64. The number of likely N-dealkylation sites (N-methyl/N-ethyl adjacent to an activating group) is 1. The van der Waals surface area contributed by atoms with Crippen LogP contribution in [0, 0.1) is 6.92 Å². The zero-order chi connectivity index (χ0) is 19.5. The summed E-state index contributed by atoms with van der Waals surface area (Å²) in [5, 5.41) is 7.68. The van der Waals surface area contributed by atoms with Gasteiger partial charge in [-0.1, -0.05) is 25.3 Å². The molecule has 2 aliphatic rings. The van der Waals surface area contributed by atoms with Crippen molar-refractivity contribution in [3.05, 3.63) is 41.9 Å². The van der Waals surface area contributed by atoms with Gasteiger partial charge >= 0.3 is 6.03 Å². The molecule has 7 nitrogen and oxygen atoms in total. The van der Waals surface area contributed by atoms with Crippen LogP contribution in [0.15, 0.2) is 30.7 Å². The lowest BCUT2D eigenvalue weighted by molar-refractivity contribution is 0.0787. The number of ether oxygens (including phenoxy) is 1. The van der Waals surface area contributed by atoms with Crippen molar-refractivity contribution in [3.63, 3.8) is 0 Å². The Labute approximate surface area is 166 Å². The van der Waals surface area contributed by atoms with Crippen molar-refractivity contribution in [2.75, 3.05) is 19.0 Å². The molecular formula is C21H29N5O2. The van der Waals surface area contributed by atoms with Gasteiger partial charge in [0, 0.05) is 43.4 Å². The maximum atomic E-state index is 12.9. The van der Waals surface area contributed by atoms with Gasteiger partial charge in [0.1, 0.15) is 6.10 Å². The number of anilines is 1. The lowest BCUT2D eigenvalue weighted by Crippen LogP contribution is -2.41. The summed E-state index contributed by atoms with van der Waals surface area (Å²) in [7, 11) is 1.82. The van der Waals surface area contributed by atoms with E-state index in [1.54, 1.807) is 11.1 Å². The highest BCUT2D eigenvalue weighted by Crippen LogP contribution is 2.32. The first kappa shape index (κ1) is 18.9. The summed E-state index contributed by atoms with van der Waals surface area (Å²) in [6.07, 6.45) is 12.4. The minimum Gasteiger partial charge on any atom is -0.371 e. The highest BCUT2D eigenvalue weighted by atomic mass is 16.5. The summed E-state index contributed by atoms with van der Waals surface area (Å²) < 4.78 is 7.94. The molecule has 4 rings (SSSR count). The molecule has 1 aliphatic carbocycles. The normalized spacial score (nSPS) is 22.9. The minimum absolute atomic E-state index is 0.0232. The molecular weight excluding hydrogens is 354 g/mol. The summed E-state index contributed by atoms with van der Waals surface area (Å²) >= 11 is 0. The van der Waals surface area contributed by atoms with Crippen molar-refractivity contribution in [2.45, 2.75) is 63.6 Å². The largest absolute Gasteiger partial charge is 0.371 e. The standard InChI is InChI=1S/C21H29N5O2/c1-15-14-26(17-8-4-3-5-9-17)24-20(15)23-21(27)25(2)18-10-12-28-19(18)16-7-6-11-22-13-16/h6-7,11,13-14,17-19H,3-5,8-10,12H2,1-2H3,(H,23,24,27)/t18-,19+/m0/s1. The summed E-state index contributed by atoms with van der Waals surface area (Å²) in [6, 6.07) is 4.17. The molecule has 1 N–H and O–H groups in total. The Morgan fingerprint density at radius 3 is 2.86 bits per heavy atom. The average Bonchev–Trinajstić information content (AvgIpc) is 3.36. The first-order valence-corrected chi connectivity index (χ1v) is 10.2. The van der Waals surface area contributed by atoms with E-state index >= 15 is 0 Å². The molecule has 1 saturated heterocycles. The van der Waals surface area contributed by atoms with Crippen molar-refractivity contribution >= 4 is 11.8 Å². The Morgan fingerprint density at radius 2 is 2.11 bits per heavy atom. The number of amides is 2. The van der Waals surface area contributed by atoms with Crippen LogP contribution in [0.2, 0.25) is 0 Å². The van der Waals surface area contributed by atoms with Crippen LogP contribution in [0.4, 0.5) is 10.6 Å². The van der Waals surface area contributed by atoms with Crippen LogP contribution in [0.25, 0.3) is 0 Å². The third kappa shape index (κ3) is 3.90. The molecule has 2 fully saturated rings. The minimum atomic E-state index is -0.151. The van der Waals surface area contributed by atoms with Crippen LogP contribution in [0.5, 0.6) is 0 Å². The van der Waals surface area contributed by atoms with Crippen LogP contribution in [0.1, 0.15) is 61.8 Å². The van der Waals surface area contributed by atoms with Gasteiger partial charge in [0.2, 0.25) is 0 Å². The number of carbonyl (C=O) groups is 1. The first-order chi connectivity index (χ1) is 13.6. The summed E-state index contributed by atoms with van der Waals surface area (Å²) in [4.78, 5) is 18.8. The molecule has 7 heteroatoms. The number of carbonyl (C=O) groups excluding carboxylic acids is 1. The highest BCUT2D eigenvalue weighted by molar-refractivity contribution is 5.89. The summed E-state index contributed by atoms with van der Waals surface area (Å²) in [5.74, 6) is 0.652. The molecule has 2 atom stereocenters. The first-order valence-electron chi connectivity index (χ1n) is 10.2. The topological polar surface area (TPSA) is 72.3 Å². The van der Waals surface area contributed by atoms with Gasteiger partial charge in [0.25, 0.3) is 0 Å². The van der Waals surface area contributed by atoms with Gasteiger partial charge in [-0.15, -0.1) is 0 Å². The molecule has 2 aromatic rings. The number of nitrogens with one attached hydrogen (secondary N) is 1. The second-order valence-electron chi connectivity index (χ2n) is 7.91. The van der Waals surface area contributed by atoms with Crippen LogP contribution >= 0.6 is 0 Å². The Hall–Kier alpha value is -2.41. The number of aryl methyl sites for hydroxylation is 1. The quantitative estimate of drug-likeness (QED) is 0.863. The van der Waals surface area contributed by atoms with E-state index in [-0.39, 0.29) is 18.2 Å². The van der Waals surface area contributed by atoms with Gasteiger partial charge in [-0.3, -0.25) is 15.0 Å². The van der Waals surface area contributed by atoms with Crippen molar-refractivity contribution in [1.82, 2.24) is 19.7 Å². The highest BCUT2D eigenvalue weighted by Gasteiger charge is 2.35. The number of pyridine rings is 1. The molecule has 0 bridgehead atoms. The molecule has 1 aliphatic heterocycles. The van der Waals surface area contributed by atoms with Crippen molar-refractivity contribution in [1.29, 1.82) is 0 Å². The smallest absolute Gasteiger partial charge is 0.323 e. The van der Waals surface area contributed by atoms with E-state index in [4.69, 9.17) is 4.74 Å². The predicted molar refractivity (Wildman–Crippen MR) is 107 cm³/mol. The SMILES string of the molecule is Cc1cn(C2CCCCC2)nc1NC(=O)N(C)[C@H]1CCO[C@@H]1c1cccnc1. The molecule has 1 saturated carbocycles. The average molecular weight is 383 g/mol. The molecule has 0 radical (unpaired) electrons. The number of rotatable bonds is 4. The third-order valence-corrected chi connectivity index (χ3v) is 5.98. The molecule has 0 aromatic carbocycles. The van der Waals surface area contributed by atoms with E-state index in [0.717, 1.165) is 17.5 Å². The molecule has 3 heterocycles. The number of hydrogen-bond donors (Lipinski definition) is 1. The number of urea groups is 1. The lowest BCUT2D eigenvalue weighted by Gasteiger charge is -2.28. The zero-order valence-electron chi connectivity index (χ0n) is 16.7. The van der Waals surface area contributed by atoms with Crippen molar-refractivity contribution < 1.29 is 9.53 Å². The fourth-order valence-corrected chi connectivity index (χ4v) is 4.32. The van der Waals surface area contributed by atoms with Crippen LogP contribution < -0.4 is 5.32 Å². The molecule has 150 valence electrons. The number of aromatic nitrogens is 3. The van der Waals surface area contributed by atoms with E-state index in [1.165, 1.54) is 32.1 Å².